The van der Waals surface area contributed by atoms with Gasteiger partial charge in [0.15, 0.2) is 0 Å². The molecule has 0 amide bonds. The van der Waals surface area contributed by atoms with Crippen molar-refractivity contribution >= 4 is 0 Å². The molecular formula is C11H23NO2. The average molecular weight is 201 g/mol. The number of nitrogens with one attached hydrogen (secondary N) is 1. The molecule has 1 rings (SSSR count). The van der Waals surface area contributed by atoms with Gasteiger partial charge in [-0.05, 0) is 45.2 Å². The molecule has 1 aliphatic heterocycles. The van der Waals surface area contributed by atoms with E-state index in [1.54, 1.807) is 0 Å². The fourth-order valence-electron chi connectivity index (χ4n) is 1.73. The van der Waals surface area contributed by atoms with Crippen molar-refractivity contribution in [3.63, 3.8) is 0 Å². The summed E-state index contributed by atoms with van der Waals surface area (Å²) in [5.41, 5.74) is 0. The SMILES string of the molecule is CCC(O)CCNCCC1CCCO1. The minimum atomic E-state index is -0.134. The van der Waals surface area contributed by atoms with Crippen molar-refractivity contribution in [3.05, 3.63) is 0 Å². The van der Waals surface area contributed by atoms with E-state index in [4.69, 9.17) is 4.74 Å². The lowest BCUT2D eigenvalue weighted by molar-refractivity contribution is 0.103. The van der Waals surface area contributed by atoms with Crippen molar-refractivity contribution in [1.29, 1.82) is 0 Å². The topological polar surface area (TPSA) is 41.5 Å². The molecule has 0 spiro atoms. The molecular weight excluding hydrogens is 178 g/mol. The Morgan fingerprint density at radius 1 is 1.50 bits per heavy atom. The summed E-state index contributed by atoms with van der Waals surface area (Å²) in [4.78, 5) is 0. The summed E-state index contributed by atoms with van der Waals surface area (Å²) in [6.07, 6.45) is 5.62. The summed E-state index contributed by atoms with van der Waals surface area (Å²) in [6, 6.07) is 0. The van der Waals surface area contributed by atoms with Crippen molar-refractivity contribution in [1.82, 2.24) is 5.32 Å². The molecule has 0 aromatic rings. The third-order valence-corrected chi connectivity index (χ3v) is 2.79. The van der Waals surface area contributed by atoms with Crippen LogP contribution in [0.15, 0.2) is 0 Å². The molecule has 1 fully saturated rings. The van der Waals surface area contributed by atoms with Crippen LogP contribution in [0.2, 0.25) is 0 Å². The van der Waals surface area contributed by atoms with E-state index < -0.39 is 0 Å². The third kappa shape index (κ3) is 4.94. The van der Waals surface area contributed by atoms with Crippen molar-refractivity contribution in [2.45, 2.75) is 51.2 Å². The van der Waals surface area contributed by atoms with Crippen LogP contribution in [-0.2, 0) is 4.74 Å². The van der Waals surface area contributed by atoms with Gasteiger partial charge in [0.2, 0.25) is 0 Å². The highest BCUT2D eigenvalue weighted by atomic mass is 16.5. The Kier molecular flexibility index (Phi) is 6.15. The van der Waals surface area contributed by atoms with Crippen LogP contribution in [0.3, 0.4) is 0 Å². The van der Waals surface area contributed by atoms with Crippen LogP contribution < -0.4 is 5.32 Å². The van der Waals surface area contributed by atoms with Gasteiger partial charge in [0.1, 0.15) is 0 Å². The van der Waals surface area contributed by atoms with E-state index in [1.165, 1.54) is 12.8 Å². The van der Waals surface area contributed by atoms with E-state index in [2.05, 4.69) is 5.32 Å². The fourth-order valence-corrected chi connectivity index (χ4v) is 1.73. The second kappa shape index (κ2) is 7.21. The molecule has 3 heteroatoms. The van der Waals surface area contributed by atoms with E-state index in [9.17, 15) is 5.11 Å². The van der Waals surface area contributed by atoms with Gasteiger partial charge in [0, 0.05) is 6.61 Å². The number of hydrogen-bond donors (Lipinski definition) is 2. The molecule has 2 unspecified atom stereocenters. The highest BCUT2D eigenvalue weighted by molar-refractivity contribution is 4.66. The quantitative estimate of drug-likeness (QED) is 0.610. The summed E-state index contributed by atoms with van der Waals surface area (Å²) >= 11 is 0. The standard InChI is InChI=1S/C11H23NO2/c1-2-10(13)5-7-12-8-6-11-4-3-9-14-11/h10-13H,2-9H2,1H3. The van der Waals surface area contributed by atoms with E-state index in [1.807, 2.05) is 6.92 Å². The van der Waals surface area contributed by atoms with Crippen molar-refractivity contribution in [3.8, 4) is 0 Å². The number of aliphatic hydroxyl groups is 1. The fraction of sp³-hybridized carbons (Fsp3) is 1.00. The predicted octanol–water partition coefficient (Wildman–Crippen LogP) is 1.31. The Balaban J connectivity index is 1.84. The van der Waals surface area contributed by atoms with Gasteiger partial charge in [-0.15, -0.1) is 0 Å². The molecule has 2 atom stereocenters. The summed E-state index contributed by atoms with van der Waals surface area (Å²) in [5, 5.41) is 12.6. The lowest BCUT2D eigenvalue weighted by Crippen LogP contribution is -2.24. The van der Waals surface area contributed by atoms with Crippen LogP contribution in [0.4, 0.5) is 0 Å². The highest BCUT2D eigenvalue weighted by Gasteiger charge is 2.14. The molecule has 84 valence electrons. The second-order valence-electron chi connectivity index (χ2n) is 4.02. The predicted molar refractivity (Wildman–Crippen MR) is 57.4 cm³/mol. The van der Waals surface area contributed by atoms with E-state index in [0.717, 1.165) is 39.0 Å². The Bertz CT molecular complexity index is 135. The molecule has 1 heterocycles. The summed E-state index contributed by atoms with van der Waals surface area (Å²) in [6.45, 7) is 4.89. The molecule has 2 N–H and O–H groups in total. The molecule has 14 heavy (non-hydrogen) atoms. The highest BCUT2D eigenvalue weighted by Crippen LogP contribution is 2.14. The molecule has 1 aliphatic rings. The van der Waals surface area contributed by atoms with Crippen LogP contribution in [-0.4, -0.2) is 37.0 Å². The largest absolute Gasteiger partial charge is 0.393 e. The summed E-state index contributed by atoms with van der Waals surface area (Å²) in [5.74, 6) is 0. The van der Waals surface area contributed by atoms with Crippen molar-refractivity contribution in [2.24, 2.45) is 0 Å². The third-order valence-electron chi connectivity index (χ3n) is 2.79. The first-order valence-electron chi connectivity index (χ1n) is 5.83. The molecule has 1 saturated heterocycles. The van der Waals surface area contributed by atoms with Gasteiger partial charge in [0.05, 0.1) is 12.2 Å². The van der Waals surface area contributed by atoms with Crippen molar-refractivity contribution < 1.29 is 9.84 Å². The van der Waals surface area contributed by atoms with E-state index in [-0.39, 0.29) is 6.10 Å². The van der Waals surface area contributed by atoms with Crippen LogP contribution >= 0.6 is 0 Å². The summed E-state index contributed by atoms with van der Waals surface area (Å²) in [7, 11) is 0. The smallest absolute Gasteiger partial charge is 0.0588 e. The summed E-state index contributed by atoms with van der Waals surface area (Å²) < 4.78 is 5.51. The Hall–Kier alpha value is -0.120. The number of aliphatic hydroxyl groups excluding tert-OH is 1. The monoisotopic (exact) mass is 201 g/mol. The van der Waals surface area contributed by atoms with Gasteiger partial charge in [-0.1, -0.05) is 6.92 Å². The minimum Gasteiger partial charge on any atom is -0.393 e. The lowest BCUT2D eigenvalue weighted by atomic mass is 10.2. The van der Waals surface area contributed by atoms with E-state index in [0.29, 0.717) is 6.10 Å². The number of ether oxygens (including phenoxy) is 1. The van der Waals surface area contributed by atoms with Gasteiger partial charge in [-0.2, -0.15) is 0 Å². The molecule has 0 saturated carbocycles. The Morgan fingerprint density at radius 2 is 2.36 bits per heavy atom. The number of rotatable bonds is 7. The molecule has 0 aromatic heterocycles. The first kappa shape index (κ1) is 12.0. The van der Waals surface area contributed by atoms with Crippen LogP contribution in [0, 0.1) is 0 Å². The van der Waals surface area contributed by atoms with Crippen LogP contribution in [0.25, 0.3) is 0 Å². The van der Waals surface area contributed by atoms with Crippen LogP contribution in [0.1, 0.15) is 39.0 Å². The molecule has 3 nitrogen and oxygen atoms in total. The van der Waals surface area contributed by atoms with Gasteiger partial charge in [-0.25, -0.2) is 0 Å². The van der Waals surface area contributed by atoms with Gasteiger partial charge in [-0.3, -0.25) is 0 Å². The van der Waals surface area contributed by atoms with Crippen LogP contribution in [0.5, 0.6) is 0 Å². The second-order valence-corrected chi connectivity index (χ2v) is 4.02. The van der Waals surface area contributed by atoms with Gasteiger partial charge in [0.25, 0.3) is 0 Å². The Labute approximate surface area is 86.8 Å². The Morgan fingerprint density at radius 3 is 3.00 bits per heavy atom. The maximum Gasteiger partial charge on any atom is 0.0588 e. The zero-order chi connectivity index (χ0) is 10.2. The normalized spacial score (nSPS) is 24.0. The lowest BCUT2D eigenvalue weighted by Gasteiger charge is -2.11. The minimum absolute atomic E-state index is 0.134. The first-order chi connectivity index (χ1) is 6.83. The molecule has 0 bridgehead atoms. The zero-order valence-corrected chi connectivity index (χ0v) is 9.17. The van der Waals surface area contributed by atoms with Gasteiger partial charge < -0.3 is 15.2 Å². The first-order valence-corrected chi connectivity index (χ1v) is 5.83. The van der Waals surface area contributed by atoms with E-state index >= 15 is 0 Å². The van der Waals surface area contributed by atoms with Crippen molar-refractivity contribution in [2.75, 3.05) is 19.7 Å². The zero-order valence-electron chi connectivity index (χ0n) is 9.17. The molecule has 0 radical (unpaired) electrons. The molecule has 0 aliphatic carbocycles. The maximum absolute atomic E-state index is 9.30. The molecule has 0 aromatic carbocycles. The average Bonchev–Trinajstić information content (AvgIpc) is 2.69. The van der Waals surface area contributed by atoms with Gasteiger partial charge >= 0.3 is 0 Å². The number of hydrogen-bond acceptors (Lipinski definition) is 3. The maximum atomic E-state index is 9.30.